The van der Waals surface area contributed by atoms with E-state index in [9.17, 15) is 9.59 Å². The van der Waals surface area contributed by atoms with Crippen LogP contribution >= 0.6 is 0 Å². The van der Waals surface area contributed by atoms with E-state index in [0.29, 0.717) is 0 Å². The van der Waals surface area contributed by atoms with Gasteiger partial charge in [0.15, 0.2) is 0 Å². The number of nitrogens with one attached hydrogen (secondary N) is 2. The number of carbonyl (C=O) groups is 2. The molecule has 6 heteroatoms. The number of hydrogen-bond donors (Lipinski definition) is 3. The lowest BCUT2D eigenvalue weighted by Crippen LogP contribution is -2.33. The molecule has 0 aromatic heterocycles. The summed E-state index contributed by atoms with van der Waals surface area (Å²) in [6.07, 6.45) is 3.10. The maximum Gasteiger partial charge on any atom is 0.318 e. The molecule has 1 rings (SSSR count). The Morgan fingerprint density at radius 1 is 1.32 bits per heavy atom. The molecular formula is C13H16N2O4. The van der Waals surface area contributed by atoms with Gasteiger partial charge >= 0.3 is 12.0 Å². The minimum atomic E-state index is -0.950. The molecule has 0 radical (unpaired) electrons. The number of ether oxygens (including phenoxy) is 1. The summed E-state index contributed by atoms with van der Waals surface area (Å²) in [6, 6.07) is 6.88. The van der Waals surface area contributed by atoms with Crippen molar-refractivity contribution in [2.45, 2.75) is 6.42 Å². The quantitative estimate of drug-likeness (QED) is 0.725. The van der Waals surface area contributed by atoms with Crippen molar-refractivity contribution in [3.05, 3.63) is 36.0 Å². The van der Waals surface area contributed by atoms with Gasteiger partial charge in [0.1, 0.15) is 5.75 Å². The zero-order chi connectivity index (χ0) is 14.1. The van der Waals surface area contributed by atoms with Gasteiger partial charge in [-0.15, -0.1) is 0 Å². The van der Waals surface area contributed by atoms with E-state index in [-0.39, 0.29) is 13.0 Å². The second-order valence-corrected chi connectivity index (χ2v) is 3.65. The molecule has 0 heterocycles. The molecule has 0 saturated carbocycles. The molecule has 102 valence electrons. The van der Waals surface area contributed by atoms with Crippen LogP contribution in [0.5, 0.6) is 5.75 Å². The third-order valence-corrected chi connectivity index (χ3v) is 2.23. The summed E-state index contributed by atoms with van der Waals surface area (Å²) >= 11 is 0. The summed E-state index contributed by atoms with van der Waals surface area (Å²) in [7, 11) is 1.59. The van der Waals surface area contributed by atoms with Crippen LogP contribution in [0.4, 0.5) is 4.79 Å². The summed E-state index contributed by atoms with van der Waals surface area (Å²) in [5, 5.41) is 13.3. The molecule has 0 fully saturated rings. The Kier molecular flexibility index (Phi) is 5.94. The van der Waals surface area contributed by atoms with E-state index >= 15 is 0 Å². The Hall–Kier alpha value is -2.50. The maximum atomic E-state index is 11.2. The summed E-state index contributed by atoms with van der Waals surface area (Å²) in [5.74, 6) is -0.189. The van der Waals surface area contributed by atoms with Crippen LogP contribution in [-0.4, -0.2) is 30.8 Å². The van der Waals surface area contributed by atoms with Crippen molar-refractivity contribution in [1.82, 2.24) is 10.6 Å². The number of benzene rings is 1. The second-order valence-electron chi connectivity index (χ2n) is 3.65. The number of carbonyl (C=O) groups excluding carboxylic acids is 1. The number of aliphatic carboxylic acids is 1. The highest BCUT2D eigenvalue weighted by Crippen LogP contribution is 2.11. The fraction of sp³-hybridized carbons (Fsp3) is 0.231. The van der Waals surface area contributed by atoms with Gasteiger partial charge in [-0.1, -0.05) is 12.1 Å². The van der Waals surface area contributed by atoms with E-state index in [2.05, 4.69) is 10.6 Å². The molecule has 6 nitrogen and oxygen atoms in total. The highest BCUT2D eigenvalue weighted by Gasteiger charge is 1.99. The van der Waals surface area contributed by atoms with Crippen LogP contribution in [0.1, 0.15) is 12.0 Å². The lowest BCUT2D eigenvalue weighted by molar-refractivity contribution is -0.136. The number of carboxylic acid groups (broad SMARTS) is 1. The van der Waals surface area contributed by atoms with Crippen molar-refractivity contribution < 1.29 is 19.4 Å². The van der Waals surface area contributed by atoms with E-state index in [1.807, 2.05) is 24.3 Å². The van der Waals surface area contributed by atoms with Crippen molar-refractivity contribution in [3.8, 4) is 5.75 Å². The topological polar surface area (TPSA) is 87.7 Å². The van der Waals surface area contributed by atoms with Crippen LogP contribution in [0.15, 0.2) is 30.5 Å². The molecule has 2 amide bonds. The molecular weight excluding hydrogens is 248 g/mol. The Labute approximate surface area is 111 Å². The Balaban J connectivity index is 2.32. The lowest BCUT2D eigenvalue weighted by atomic mass is 10.2. The minimum Gasteiger partial charge on any atom is -0.497 e. The van der Waals surface area contributed by atoms with Crippen molar-refractivity contribution >= 4 is 18.1 Å². The molecule has 3 N–H and O–H groups in total. The number of amides is 2. The first-order chi connectivity index (χ1) is 9.11. The Bertz CT molecular complexity index is 454. The molecule has 0 bridgehead atoms. The largest absolute Gasteiger partial charge is 0.497 e. The summed E-state index contributed by atoms with van der Waals surface area (Å²) in [5.41, 5.74) is 0.909. The van der Waals surface area contributed by atoms with Crippen molar-refractivity contribution in [2.75, 3.05) is 13.7 Å². The lowest BCUT2D eigenvalue weighted by Gasteiger charge is -2.02. The molecule has 0 unspecified atom stereocenters. The number of hydrogen-bond acceptors (Lipinski definition) is 3. The summed E-state index contributed by atoms with van der Waals surface area (Å²) < 4.78 is 5.02. The zero-order valence-electron chi connectivity index (χ0n) is 10.6. The van der Waals surface area contributed by atoms with E-state index < -0.39 is 12.0 Å². The maximum absolute atomic E-state index is 11.2. The zero-order valence-corrected chi connectivity index (χ0v) is 10.6. The molecule has 0 aliphatic heterocycles. The van der Waals surface area contributed by atoms with Crippen molar-refractivity contribution in [3.63, 3.8) is 0 Å². The van der Waals surface area contributed by atoms with E-state index in [1.165, 1.54) is 6.20 Å². The first-order valence-electron chi connectivity index (χ1n) is 5.68. The fourth-order valence-corrected chi connectivity index (χ4v) is 1.26. The van der Waals surface area contributed by atoms with Crippen LogP contribution in [0.3, 0.4) is 0 Å². The third kappa shape index (κ3) is 6.11. The normalized spacial score (nSPS) is 10.2. The molecule has 1 aromatic carbocycles. The van der Waals surface area contributed by atoms with E-state index in [0.717, 1.165) is 11.3 Å². The van der Waals surface area contributed by atoms with Gasteiger partial charge in [0.05, 0.1) is 13.5 Å². The van der Waals surface area contributed by atoms with Crippen LogP contribution in [0.25, 0.3) is 6.08 Å². The molecule has 0 atom stereocenters. The monoisotopic (exact) mass is 264 g/mol. The molecule has 0 saturated heterocycles. The average Bonchev–Trinajstić information content (AvgIpc) is 2.39. The molecule has 0 aliphatic carbocycles. The van der Waals surface area contributed by atoms with Crippen LogP contribution in [0, 0.1) is 0 Å². The van der Waals surface area contributed by atoms with Gasteiger partial charge in [0.25, 0.3) is 0 Å². The van der Waals surface area contributed by atoms with Crippen LogP contribution in [-0.2, 0) is 4.79 Å². The first-order valence-corrected chi connectivity index (χ1v) is 5.68. The van der Waals surface area contributed by atoms with Gasteiger partial charge in [0.2, 0.25) is 0 Å². The van der Waals surface area contributed by atoms with Gasteiger partial charge in [0, 0.05) is 12.7 Å². The predicted octanol–water partition coefficient (Wildman–Crippen LogP) is 1.44. The van der Waals surface area contributed by atoms with Gasteiger partial charge in [-0.05, 0) is 23.8 Å². The highest BCUT2D eigenvalue weighted by atomic mass is 16.5. The Morgan fingerprint density at radius 2 is 2.00 bits per heavy atom. The van der Waals surface area contributed by atoms with Crippen LogP contribution in [0.2, 0.25) is 0 Å². The predicted molar refractivity (Wildman–Crippen MR) is 70.8 cm³/mol. The molecule has 0 spiro atoms. The van der Waals surface area contributed by atoms with Crippen molar-refractivity contribution in [1.29, 1.82) is 0 Å². The second kappa shape index (κ2) is 7.75. The number of rotatable bonds is 6. The van der Waals surface area contributed by atoms with Gasteiger partial charge in [-0.2, -0.15) is 0 Å². The van der Waals surface area contributed by atoms with E-state index in [4.69, 9.17) is 9.84 Å². The number of methoxy groups -OCH3 is 1. The van der Waals surface area contributed by atoms with Gasteiger partial charge < -0.3 is 20.5 Å². The number of urea groups is 1. The molecule has 19 heavy (non-hydrogen) atoms. The van der Waals surface area contributed by atoms with Crippen LogP contribution < -0.4 is 15.4 Å². The molecule has 0 aliphatic rings. The first kappa shape index (κ1) is 14.6. The average molecular weight is 264 g/mol. The van der Waals surface area contributed by atoms with E-state index in [1.54, 1.807) is 13.2 Å². The highest BCUT2D eigenvalue weighted by molar-refractivity contribution is 5.76. The summed E-state index contributed by atoms with van der Waals surface area (Å²) in [6.45, 7) is 0.0948. The minimum absolute atomic E-state index is 0.0948. The number of carboxylic acids is 1. The SMILES string of the molecule is COc1ccc(/C=C/NC(=O)NCCC(=O)O)cc1. The Morgan fingerprint density at radius 3 is 2.58 bits per heavy atom. The molecule has 1 aromatic rings. The summed E-state index contributed by atoms with van der Waals surface area (Å²) in [4.78, 5) is 21.5. The third-order valence-electron chi connectivity index (χ3n) is 2.23. The fourth-order valence-electron chi connectivity index (χ4n) is 1.26. The van der Waals surface area contributed by atoms with Crippen molar-refractivity contribution in [2.24, 2.45) is 0 Å². The van der Waals surface area contributed by atoms with Gasteiger partial charge in [-0.25, -0.2) is 4.79 Å². The van der Waals surface area contributed by atoms with Gasteiger partial charge in [-0.3, -0.25) is 4.79 Å². The standard InChI is InChI=1S/C13H16N2O4/c1-19-11-4-2-10(3-5-11)6-8-14-13(18)15-9-7-12(16)17/h2-6,8H,7,9H2,1H3,(H,16,17)(H2,14,15,18)/b8-6+. The smallest absolute Gasteiger partial charge is 0.318 e.